The number of nitrogens with zero attached hydrogens (tertiary/aromatic N) is 3. The molecule has 2 aromatic rings. The Morgan fingerprint density at radius 1 is 1.10 bits per heavy atom. The van der Waals surface area contributed by atoms with Crippen molar-refractivity contribution in [1.82, 2.24) is 0 Å². The van der Waals surface area contributed by atoms with Gasteiger partial charge in [0.15, 0.2) is 0 Å². The van der Waals surface area contributed by atoms with Gasteiger partial charge in [0, 0.05) is 10.5 Å². The van der Waals surface area contributed by atoms with E-state index < -0.39 is 5.91 Å². The second-order valence-electron chi connectivity index (χ2n) is 4.86. The van der Waals surface area contributed by atoms with E-state index >= 15 is 0 Å². The molecule has 0 aliphatic rings. The summed E-state index contributed by atoms with van der Waals surface area (Å²) in [5.41, 5.74) is 11.9. The Morgan fingerprint density at radius 3 is 2.40 bits per heavy atom. The van der Waals surface area contributed by atoms with Crippen LogP contribution in [-0.2, 0) is 0 Å². The highest BCUT2D eigenvalue weighted by Gasteiger charge is 2.06. The van der Waals surface area contributed by atoms with Gasteiger partial charge in [0.1, 0.15) is 0 Å². The summed E-state index contributed by atoms with van der Waals surface area (Å²) in [5, 5.41) is 3.12. The van der Waals surface area contributed by atoms with E-state index in [9.17, 15) is 4.79 Å². The number of carbonyl (C=O) groups excluding carboxylic acids is 1. The molecule has 0 saturated carbocycles. The molecular formula is C16H15N3O. The zero-order valence-electron chi connectivity index (χ0n) is 11.4. The molecule has 2 rings (SSSR count). The van der Waals surface area contributed by atoms with Crippen LogP contribution in [0.5, 0.6) is 0 Å². The molecule has 0 aliphatic carbocycles. The molecule has 0 radical (unpaired) electrons. The van der Waals surface area contributed by atoms with Gasteiger partial charge in [0.2, 0.25) is 5.91 Å². The van der Waals surface area contributed by atoms with Crippen LogP contribution in [0.15, 0.2) is 53.6 Å². The van der Waals surface area contributed by atoms with Gasteiger partial charge in [-0.3, -0.25) is 4.79 Å². The van der Waals surface area contributed by atoms with Crippen LogP contribution in [-0.4, -0.2) is 5.91 Å². The van der Waals surface area contributed by atoms with Crippen molar-refractivity contribution in [3.63, 3.8) is 0 Å². The summed E-state index contributed by atoms with van der Waals surface area (Å²) in [6.07, 6.45) is 0. The summed E-state index contributed by atoms with van der Waals surface area (Å²) < 4.78 is 0. The zero-order chi connectivity index (χ0) is 14.5. The van der Waals surface area contributed by atoms with E-state index in [0.29, 0.717) is 11.5 Å². The van der Waals surface area contributed by atoms with E-state index in [0.717, 1.165) is 11.1 Å². The maximum absolute atomic E-state index is 11.6. The van der Waals surface area contributed by atoms with E-state index in [1.54, 1.807) is 18.2 Å². The lowest BCUT2D eigenvalue weighted by Gasteiger charge is -2.09. The number of hydrogen-bond donors (Lipinski definition) is 0. The van der Waals surface area contributed by atoms with Crippen LogP contribution in [0.3, 0.4) is 0 Å². The van der Waals surface area contributed by atoms with Gasteiger partial charge >= 0.3 is 0 Å². The van der Waals surface area contributed by atoms with Crippen molar-refractivity contribution in [3.8, 4) is 11.1 Å². The first-order valence-electron chi connectivity index (χ1n) is 6.41. The Kier molecular flexibility index (Phi) is 4.18. The molecule has 4 nitrogen and oxygen atoms in total. The second kappa shape index (κ2) is 6.04. The van der Waals surface area contributed by atoms with Gasteiger partial charge in [0.05, 0.1) is 0 Å². The van der Waals surface area contributed by atoms with Crippen molar-refractivity contribution in [2.75, 3.05) is 0 Å². The van der Waals surface area contributed by atoms with E-state index in [2.05, 4.69) is 36.0 Å². The first-order chi connectivity index (χ1) is 9.61. The van der Waals surface area contributed by atoms with Crippen molar-refractivity contribution in [1.29, 1.82) is 0 Å². The number of amides is 1. The number of benzene rings is 2. The van der Waals surface area contributed by atoms with Crippen LogP contribution in [0.25, 0.3) is 21.6 Å². The molecule has 0 spiro atoms. The topological polar surface area (TPSA) is 65.8 Å². The number of hydrogen-bond acceptors (Lipinski definition) is 1. The van der Waals surface area contributed by atoms with Crippen LogP contribution >= 0.6 is 0 Å². The molecule has 0 atom stereocenters. The molecule has 0 fully saturated rings. The number of azide groups is 1. The molecule has 0 aromatic heterocycles. The molecule has 4 heteroatoms. The van der Waals surface area contributed by atoms with Crippen LogP contribution < -0.4 is 0 Å². The Bertz CT molecular complexity index is 686. The van der Waals surface area contributed by atoms with Crippen LogP contribution in [0, 0.1) is 0 Å². The van der Waals surface area contributed by atoms with Crippen molar-refractivity contribution in [2.45, 2.75) is 19.8 Å². The minimum atomic E-state index is -0.561. The van der Waals surface area contributed by atoms with Crippen molar-refractivity contribution < 1.29 is 4.79 Å². The highest BCUT2D eigenvalue weighted by atomic mass is 16.1. The minimum absolute atomic E-state index is 0.398. The van der Waals surface area contributed by atoms with Gasteiger partial charge in [-0.05, 0) is 39.3 Å². The van der Waals surface area contributed by atoms with E-state index in [1.165, 1.54) is 5.56 Å². The smallest absolute Gasteiger partial charge is 0.249 e. The van der Waals surface area contributed by atoms with Crippen molar-refractivity contribution in [2.24, 2.45) is 5.11 Å². The van der Waals surface area contributed by atoms with Crippen LogP contribution in [0.1, 0.15) is 35.7 Å². The molecule has 0 aliphatic heterocycles. The van der Waals surface area contributed by atoms with E-state index in [4.69, 9.17) is 5.53 Å². The van der Waals surface area contributed by atoms with E-state index in [-0.39, 0.29) is 0 Å². The van der Waals surface area contributed by atoms with Gasteiger partial charge in [-0.25, -0.2) is 0 Å². The summed E-state index contributed by atoms with van der Waals surface area (Å²) in [4.78, 5) is 14.1. The maximum atomic E-state index is 11.6. The first-order valence-corrected chi connectivity index (χ1v) is 6.41. The van der Waals surface area contributed by atoms with Gasteiger partial charge in [-0.1, -0.05) is 56.3 Å². The highest BCUT2D eigenvalue weighted by Crippen LogP contribution is 2.24. The Labute approximate surface area is 117 Å². The fourth-order valence-electron chi connectivity index (χ4n) is 2.01. The molecule has 20 heavy (non-hydrogen) atoms. The van der Waals surface area contributed by atoms with Gasteiger partial charge < -0.3 is 0 Å². The molecule has 0 N–H and O–H groups in total. The number of rotatable bonds is 3. The summed E-state index contributed by atoms with van der Waals surface area (Å²) >= 11 is 0. The Hall–Kier alpha value is -2.58. The predicted molar refractivity (Wildman–Crippen MR) is 79.4 cm³/mol. The average molecular weight is 265 g/mol. The second-order valence-corrected chi connectivity index (χ2v) is 4.86. The third-order valence-corrected chi connectivity index (χ3v) is 3.13. The minimum Gasteiger partial charge on any atom is -0.287 e. The highest BCUT2D eigenvalue weighted by molar-refractivity contribution is 5.96. The number of carbonyl (C=O) groups is 1. The summed E-state index contributed by atoms with van der Waals surface area (Å²) in [6, 6.07) is 15.3. The quantitative estimate of drug-likeness (QED) is 0.441. The lowest BCUT2D eigenvalue weighted by atomic mass is 9.96. The third-order valence-electron chi connectivity index (χ3n) is 3.13. The Balaban J connectivity index is 2.43. The fourth-order valence-corrected chi connectivity index (χ4v) is 2.01. The molecule has 1 amide bonds. The fraction of sp³-hybridized carbons (Fsp3) is 0.188. The summed E-state index contributed by atoms with van der Waals surface area (Å²) in [5.74, 6) is -0.114. The molecule has 100 valence electrons. The Morgan fingerprint density at radius 2 is 1.75 bits per heavy atom. The monoisotopic (exact) mass is 265 g/mol. The van der Waals surface area contributed by atoms with Gasteiger partial charge in [-0.2, -0.15) is 0 Å². The first kappa shape index (κ1) is 13.8. The molecular weight excluding hydrogens is 250 g/mol. The summed E-state index contributed by atoms with van der Waals surface area (Å²) in [6.45, 7) is 4.28. The zero-order valence-corrected chi connectivity index (χ0v) is 11.4. The van der Waals surface area contributed by atoms with Gasteiger partial charge in [-0.15, -0.1) is 0 Å². The molecule has 0 bridgehead atoms. The SMILES string of the molecule is CC(C)c1cccc(-c2cccc(C(=O)N=[N+]=[N-])c2)c1. The lowest BCUT2D eigenvalue weighted by molar-refractivity contribution is 0.100. The predicted octanol–water partition coefficient (Wildman–Crippen LogP) is 4.93. The lowest BCUT2D eigenvalue weighted by Crippen LogP contribution is -1.94. The van der Waals surface area contributed by atoms with Crippen LogP contribution in [0.2, 0.25) is 0 Å². The molecule has 0 saturated heterocycles. The largest absolute Gasteiger partial charge is 0.287 e. The third kappa shape index (κ3) is 3.05. The van der Waals surface area contributed by atoms with Crippen LogP contribution in [0.4, 0.5) is 0 Å². The summed E-state index contributed by atoms with van der Waals surface area (Å²) in [7, 11) is 0. The van der Waals surface area contributed by atoms with Crippen molar-refractivity contribution in [3.05, 3.63) is 70.1 Å². The molecule has 0 heterocycles. The normalized spacial score (nSPS) is 10.2. The molecule has 2 aromatic carbocycles. The molecule has 0 unspecified atom stereocenters. The maximum Gasteiger partial charge on any atom is 0.249 e. The van der Waals surface area contributed by atoms with Gasteiger partial charge in [0.25, 0.3) is 0 Å². The van der Waals surface area contributed by atoms with Crippen molar-refractivity contribution >= 4 is 5.91 Å². The standard InChI is InChI=1S/C16H15N3O/c1-11(2)12-5-3-6-13(9-12)14-7-4-8-15(10-14)16(20)18-19-17/h3-11H,1-2H3. The average Bonchev–Trinajstić information content (AvgIpc) is 2.48. The van der Waals surface area contributed by atoms with E-state index in [1.807, 2.05) is 18.2 Å².